The van der Waals surface area contributed by atoms with E-state index in [1.807, 2.05) is 32.9 Å². The van der Waals surface area contributed by atoms with Crippen LogP contribution in [0.1, 0.15) is 30.0 Å². The number of hydrogen-bond donors (Lipinski definition) is 0. The van der Waals surface area contributed by atoms with Crippen molar-refractivity contribution in [3.63, 3.8) is 0 Å². The van der Waals surface area contributed by atoms with Crippen LogP contribution in [0.2, 0.25) is 0 Å². The van der Waals surface area contributed by atoms with Gasteiger partial charge in [-0.15, -0.1) is 0 Å². The van der Waals surface area contributed by atoms with Crippen LogP contribution in [0.3, 0.4) is 0 Å². The Morgan fingerprint density at radius 2 is 1.88 bits per heavy atom. The van der Waals surface area contributed by atoms with E-state index in [0.717, 1.165) is 5.56 Å². The fraction of sp³-hybridized carbons (Fsp3) is 0.462. The van der Waals surface area contributed by atoms with Gasteiger partial charge < -0.3 is 0 Å². The first kappa shape index (κ1) is 12.9. The van der Waals surface area contributed by atoms with E-state index in [1.165, 1.54) is 11.1 Å². The lowest BCUT2D eigenvalue weighted by atomic mass is 10.1. The van der Waals surface area contributed by atoms with Gasteiger partial charge in [0.25, 0.3) is 0 Å². The zero-order valence-corrected chi connectivity index (χ0v) is 10.8. The molecule has 1 aromatic rings. The highest BCUT2D eigenvalue weighted by atomic mass is 32.2. The molecule has 0 radical (unpaired) electrons. The lowest BCUT2D eigenvalue weighted by Gasteiger charge is -2.08. The van der Waals surface area contributed by atoms with Gasteiger partial charge in [-0.3, -0.25) is 4.21 Å². The molecule has 2 nitrogen and oxygen atoms in total. The van der Waals surface area contributed by atoms with E-state index >= 15 is 0 Å². The Hall–Kier alpha value is -1.14. The van der Waals surface area contributed by atoms with Crippen LogP contribution < -0.4 is 0 Å². The van der Waals surface area contributed by atoms with Crippen LogP contribution >= 0.6 is 0 Å². The van der Waals surface area contributed by atoms with Crippen LogP contribution in [-0.4, -0.2) is 9.46 Å². The fourth-order valence-electron chi connectivity index (χ4n) is 1.75. The standard InChI is InChI=1S/C13H17NOS/c1-4-13(8-14)16(15)9-12-6-10(2)5-11(3)7-12/h5-7,13H,4,9H2,1-3H3. The lowest BCUT2D eigenvalue weighted by Crippen LogP contribution is -2.13. The summed E-state index contributed by atoms with van der Waals surface area (Å²) in [5, 5.41) is 8.49. The molecule has 0 fully saturated rings. The molecule has 1 aromatic carbocycles. The first-order valence-electron chi connectivity index (χ1n) is 5.40. The minimum absolute atomic E-state index is 0.346. The lowest BCUT2D eigenvalue weighted by molar-refractivity contribution is 0.675. The van der Waals surface area contributed by atoms with Gasteiger partial charge in [-0.1, -0.05) is 36.2 Å². The summed E-state index contributed by atoms with van der Waals surface area (Å²) in [6.07, 6.45) is 0.647. The summed E-state index contributed by atoms with van der Waals surface area (Å²) in [5.74, 6) is 0.481. The fourth-order valence-corrected chi connectivity index (χ4v) is 2.94. The highest BCUT2D eigenvalue weighted by Crippen LogP contribution is 2.13. The maximum Gasteiger partial charge on any atom is 0.121 e. The van der Waals surface area contributed by atoms with Gasteiger partial charge in [-0.05, 0) is 25.8 Å². The summed E-state index contributed by atoms with van der Waals surface area (Å²) in [7, 11) is -1.09. The number of nitriles is 1. The monoisotopic (exact) mass is 235 g/mol. The van der Waals surface area contributed by atoms with Gasteiger partial charge in [0, 0.05) is 16.6 Å². The summed E-state index contributed by atoms with van der Waals surface area (Å²) in [4.78, 5) is 0. The predicted octanol–water partition coefficient (Wildman–Crippen LogP) is 2.85. The second-order valence-electron chi connectivity index (χ2n) is 4.05. The third-order valence-corrected chi connectivity index (χ3v) is 4.11. The van der Waals surface area contributed by atoms with Crippen molar-refractivity contribution in [2.24, 2.45) is 0 Å². The van der Waals surface area contributed by atoms with Crippen LogP contribution in [-0.2, 0) is 16.6 Å². The van der Waals surface area contributed by atoms with E-state index in [2.05, 4.69) is 12.1 Å². The van der Waals surface area contributed by atoms with Crippen LogP contribution in [0.4, 0.5) is 0 Å². The molecule has 0 aliphatic rings. The number of benzene rings is 1. The van der Waals surface area contributed by atoms with Crippen molar-refractivity contribution in [1.29, 1.82) is 5.26 Å². The molecule has 2 unspecified atom stereocenters. The Morgan fingerprint density at radius 1 is 1.31 bits per heavy atom. The molecule has 86 valence electrons. The first-order chi connectivity index (χ1) is 7.56. The van der Waals surface area contributed by atoms with Gasteiger partial charge in [0.05, 0.1) is 6.07 Å². The van der Waals surface area contributed by atoms with Gasteiger partial charge in [0.1, 0.15) is 5.25 Å². The van der Waals surface area contributed by atoms with Crippen LogP contribution in [0.5, 0.6) is 0 Å². The molecule has 0 aromatic heterocycles. The molecule has 0 aliphatic heterocycles. The summed E-state index contributed by atoms with van der Waals surface area (Å²) in [5.41, 5.74) is 3.42. The molecule has 16 heavy (non-hydrogen) atoms. The summed E-state index contributed by atoms with van der Waals surface area (Å²) in [6, 6.07) is 8.27. The maximum atomic E-state index is 11.9. The Labute approximate surface area is 99.8 Å². The molecule has 3 heteroatoms. The van der Waals surface area contributed by atoms with E-state index in [-0.39, 0.29) is 5.25 Å². The number of hydrogen-bond acceptors (Lipinski definition) is 2. The first-order valence-corrected chi connectivity index (χ1v) is 6.79. The zero-order chi connectivity index (χ0) is 12.1. The molecule has 0 spiro atoms. The number of aryl methyl sites for hydroxylation is 2. The van der Waals surface area contributed by atoms with E-state index in [1.54, 1.807) is 0 Å². The number of rotatable bonds is 4. The van der Waals surface area contributed by atoms with Crippen molar-refractivity contribution in [2.75, 3.05) is 0 Å². The Morgan fingerprint density at radius 3 is 2.31 bits per heavy atom. The zero-order valence-electron chi connectivity index (χ0n) is 9.99. The van der Waals surface area contributed by atoms with Crippen molar-refractivity contribution in [3.05, 3.63) is 34.9 Å². The van der Waals surface area contributed by atoms with E-state index in [0.29, 0.717) is 12.2 Å². The molecule has 2 atom stereocenters. The Bertz CT molecular complexity index is 414. The third-order valence-electron chi connectivity index (χ3n) is 2.42. The molecule has 0 bridgehead atoms. The van der Waals surface area contributed by atoms with Gasteiger partial charge in [-0.25, -0.2) is 0 Å². The molecular formula is C13H17NOS. The molecule has 0 amide bonds. The summed E-state index contributed by atoms with van der Waals surface area (Å²) >= 11 is 0. The van der Waals surface area contributed by atoms with Crippen LogP contribution in [0, 0.1) is 25.2 Å². The number of nitrogens with zero attached hydrogens (tertiary/aromatic N) is 1. The smallest absolute Gasteiger partial charge is 0.121 e. The quantitative estimate of drug-likeness (QED) is 0.805. The van der Waals surface area contributed by atoms with Gasteiger partial charge in [-0.2, -0.15) is 5.26 Å². The maximum absolute atomic E-state index is 11.9. The SMILES string of the molecule is CCC(C#N)S(=O)Cc1cc(C)cc(C)c1. The second-order valence-corrected chi connectivity index (χ2v) is 5.67. The van der Waals surface area contributed by atoms with Gasteiger partial charge in [0.2, 0.25) is 0 Å². The molecule has 0 aliphatic carbocycles. The highest BCUT2D eigenvalue weighted by molar-refractivity contribution is 7.85. The molecular weight excluding hydrogens is 218 g/mol. The van der Waals surface area contributed by atoms with Crippen molar-refractivity contribution < 1.29 is 4.21 Å². The largest absolute Gasteiger partial charge is 0.258 e. The topological polar surface area (TPSA) is 40.9 Å². The summed E-state index contributed by atoms with van der Waals surface area (Å²) < 4.78 is 11.9. The molecule has 0 heterocycles. The second kappa shape index (κ2) is 5.81. The summed E-state index contributed by atoms with van der Waals surface area (Å²) in [6.45, 7) is 5.95. The third kappa shape index (κ3) is 3.46. The Kier molecular flexibility index (Phi) is 4.70. The van der Waals surface area contributed by atoms with Crippen molar-refractivity contribution in [3.8, 4) is 6.07 Å². The Balaban J connectivity index is 2.81. The van der Waals surface area contributed by atoms with Crippen molar-refractivity contribution >= 4 is 10.8 Å². The van der Waals surface area contributed by atoms with Gasteiger partial charge >= 0.3 is 0 Å². The average Bonchev–Trinajstić information content (AvgIpc) is 2.17. The molecule has 0 saturated heterocycles. The van der Waals surface area contributed by atoms with Crippen molar-refractivity contribution in [2.45, 2.75) is 38.2 Å². The molecule has 0 N–H and O–H groups in total. The highest BCUT2D eigenvalue weighted by Gasteiger charge is 2.14. The molecule has 0 saturated carbocycles. The van der Waals surface area contributed by atoms with Crippen molar-refractivity contribution in [1.82, 2.24) is 0 Å². The van der Waals surface area contributed by atoms with E-state index in [9.17, 15) is 4.21 Å². The average molecular weight is 235 g/mol. The predicted molar refractivity (Wildman–Crippen MR) is 67.5 cm³/mol. The minimum atomic E-state index is -1.09. The van der Waals surface area contributed by atoms with Gasteiger partial charge in [0.15, 0.2) is 0 Å². The molecule has 1 rings (SSSR count). The van der Waals surface area contributed by atoms with E-state index < -0.39 is 10.8 Å². The van der Waals surface area contributed by atoms with Crippen LogP contribution in [0.25, 0.3) is 0 Å². The normalized spacial score (nSPS) is 14.1. The van der Waals surface area contributed by atoms with E-state index in [4.69, 9.17) is 5.26 Å². The minimum Gasteiger partial charge on any atom is -0.258 e. The van der Waals surface area contributed by atoms with Crippen LogP contribution in [0.15, 0.2) is 18.2 Å².